The smallest absolute Gasteiger partial charge is 0.211 e. The number of nitrogen functional groups attached to an aromatic ring is 1. The quantitative estimate of drug-likeness (QED) is 0.768. The van der Waals surface area contributed by atoms with Crippen LogP contribution in [0, 0.1) is 5.82 Å². The zero-order valence-corrected chi connectivity index (χ0v) is 9.85. The number of hydrogen-bond acceptors (Lipinski definition) is 3. The number of sulfonamides is 1. The van der Waals surface area contributed by atoms with Crippen molar-refractivity contribution in [1.29, 1.82) is 0 Å². The minimum atomic E-state index is -3.24. The Morgan fingerprint density at radius 2 is 2.12 bits per heavy atom. The van der Waals surface area contributed by atoms with Gasteiger partial charge in [0.2, 0.25) is 10.0 Å². The molecule has 1 aromatic carbocycles. The van der Waals surface area contributed by atoms with Crippen LogP contribution in [0.3, 0.4) is 0 Å². The van der Waals surface area contributed by atoms with Gasteiger partial charge in [-0.25, -0.2) is 17.5 Å². The van der Waals surface area contributed by atoms with Crippen molar-refractivity contribution >= 4 is 15.7 Å². The lowest BCUT2D eigenvalue weighted by Crippen LogP contribution is -2.25. The SMILES string of the molecule is CCCS(=O)(=O)NCc1ccc(F)c(N)c1. The molecule has 0 unspecified atom stereocenters. The van der Waals surface area contributed by atoms with Gasteiger partial charge in [0.15, 0.2) is 0 Å². The number of nitrogens with two attached hydrogens (primary N) is 1. The van der Waals surface area contributed by atoms with Crippen LogP contribution < -0.4 is 10.5 Å². The fraction of sp³-hybridized carbons (Fsp3) is 0.400. The first-order valence-corrected chi connectivity index (χ1v) is 6.61. The maximum atomic E-state index is 12.8. The monoisotopic (exact) mass is 246 g/mol. The van der Waals surface area contributed by atoms with Gasteiger partial charge in [0, 0.05) is 6.54 Å². The minimum Gasteiger partial charge on any atom is -0.396 e. The number of benzene rings is 1. The van der Waals surface area contributed by atoms with Gasteiger partial charge in [0.05, 0.1) is 11.4 Å². The van der Waals surface area contributed by atoms with Crippen LogP contribution >= 0.6 is 0 Å². The summed E-state index contributed by atoms with van der Waals surface area (Å²) in [5.74, 6) is -0.413. The van der Waals surface area contributed by atoms with E-state index in [-0.39, 0.29) is 18.0 Å². The normalized spacial score (nSPS) is 11.6. The molecule has 6 heteroatoms. The molecule has 0 atom stereocenters. The van der Waals surface area contributed by atoms with Crippen LogP contribution in [0.25, 0.3) is 0 Å². The van der Waals surface area contributed by atoms with E-state index in [1.54, 1.807) is 6.92 Å². The van der Waals surface area contributed by atoms with Gasteiger partial charge in [0.25, 0.3) is 0 Å². The lowest BCUT2D eigenvalue weighted by molar-refractivity contribution is 0.580. The van der Waals surface area contributed by atoms with E-state index in [1.807, 2.05) is 0 Å². The largest absolute Gasteiger partial charge is 0.396 e. The molecule has 0 aliphatic heterocycles. The summed E-state index contributed by atoms with van der Waals surface area (Å²) in [6.45, 7) is 1.92. The van der Waals surface area contributed by atoms with Crippen LogP contribution in [0.2, 0.25) is 0 Å². The highest BCUT2D eigenvalue weighted by Crippen LogP contribution is 2.12. The summed E-state index contributed by atoms with van der Waals surface area (Å²) in [7, 11) is -3.24. The molecule has 0 spiro atoms. The topological polar surface area (TPSA) is 72.2 Å². The molecule has 0 bridgehead atoms. The van der Waals surface area contributed by atoms with Crippen molar-refractivity contribution in [2.75, 3.05) is 11.5 Å². The van der Waals surface area contributed by atoms with Crippen LogP contribution in [0.4, 0.5) is 10.1 Å². The fourth-order valence-electron chi connectivity index (χ4n) is 1.24. The third-order valence-electron chi connectivity index (χ3n) is 2.03. The van der Waals surface area contributed by atoms with Gasteiger partial charge >= 0.3 is 0 Å². The average Bonchev–Trinajstić information content (AvgIpc) is 2.20. The Balaban J connectivity index is 2.65. The van der Waals surface area contributed by atoms with Crippen molar-refractivity contribution in [2.24, 2.45) is 0 Å². The van der Waals surface area contributed by atoms with Crippen LogP contribution in [0.1, 0.15) is 18.9 Å². The number of nitrogens with one attached hydrogen (secondary N) is 1. The molecular formula is C10H15FN2O2S. The molecule has 0 heterocycles. The molecule has 4 nitrogen and oxygen atoms in total. The first kappa shape index (κ1) is 12.9. The van der Waals surface area contributed by atoms with Crippen molar-refractivity contribution in [3.63, 3.8) is 0 Å². The Bertz CT molecular complexity index is 460. The minimum absolute atomic E-state index is 0.0205. The Hall–Kier alpha value is -1.14. The average molecular weight is 246 g/mol. The zero-order chi connectivity index (χ0) is 12.2. The molecule has 0 aromatic heterocycles. The molecular weight excluding hydrogens is 231 g/mol. The summed E-state index contributed by atoms with van der Waals surface area (Å²) in [5.41, 5.74) is 6.02. The second-order valence-electron chi connectivity index (χ2n) is 3.50. The second kappa shape index (κ2) is 5.27. The van der Waals surface area contributed by atoms with E-state index in [0.717, 1.165) is 0 Å². The van der Waals surface area contributed by atoms with Crippen molar-refractivity contribution in [3.8, 4) is 0 Å². The van der Waals surface area contributed by atoms with Crippen molar-refractivity contribution < 1.29 is 12.8 Å². The van der Waals surface area contributed by atoms with Crippen molar-refractivity contribution in [3.05, 3.63) is 29.6 Å². The second-order valence-corrected chi connectivity index (χ2v) is 5.42. The molecule has 0 saturated heterocycles. The van der Waals surface area contributed by atoms with Gasteiger partial charge in [-0.2, -0.15) is 0 Å². The molecule has 90 valence electrons. The predicted molar refractivity (Wildman–Crippen MR) is 61.7 cm³/mol. The highest BCUT2D eigenvalue weighted by molar-refractivity contribution is 7.89. The summed E-state index contributed by atoms with van der Waals surface area (Å²) >= 11 is 0. The molecule has 1 rings (SSSR count). The highest BCUT2D eigenvalue weighted by atomic mass is 32.2. The maximum Gasteiger partial charge on any atom is 0.211 e. The van der Waals surface area contributed by atoms with Crippen molar-refractivity contribution in [1.82, 2.24) is 4.72 Å². The summed E-state index contributed by atoms with van der Waals surface area (Å²) in [5, 5.41) is 0. The van der Waals surface area contributed by atoms with E-state index < -0.39 is 15.8 Å². The molecule has 16 heavy (non-hydrogen) atoms. The van der Waals surface area contributed by atoms with Gasteiger partial charge in [-0.1, -0.05) is 13.0 Å². The molecule has 0 aliphatic carbocycles. The van der Waals surface area contributed by atoms with Gasteiger partial charge in [0.1, 0.15) is 5.82 Å². The molecule has 1 aromatic rings. The molecule has 0 radical (unpaired) electrons. The van der Waals surface area contributed by atoms with E-state index in [0.29, 0.717) is 12.0 Å². The van der Waals surface area contributed by atoms with Crippen LogP contribution in [0.5, 0.6) is 0 Å². The maximum absolute atomic E-state index is 12.8. The Kier molecular flexibility index (Phi) is 4.26. The van der Waals surface area contributed by atoms with Gasteiger partial charge < -0.3 is 5.73 Å². The third kappa shape index (κ3) is 3.79. The van der Waals surface area contributed by atoms with Gasteiger partial charge in [-0.15, -0.1) is 0 Å². The molecule has 0 aliphatic rings. The standard InChI is InChI=1S/C10H15FN2O2S/c1-2-5-16(14,15)13-7-8-3-4-9(11)10(12)6-8/h3-4,6,13H,2,5,7,12H2,1H3. The summed E-state index contributed by atoms with van der Waals surface area (Å²) < 4.78 is 37.9. The highest BCUT2D eigenvalue weighted by Gasteiger charge is 2.08. The van der Waals surface area contributed by atoms with Gasteiger partial charge in [-0.05, 0) is 24.1 Å². The number of hydrogen-bond donors (Lipinski definition) is 2. The van der Waals surface area contributed by atoms with Crippen LogP contribution in [-0.2, 0) is 16.6 Å². The lowest BCUT2D eigenvalue weighted by Gasteiger charge is -2.06. The molecule has 0 saturated carbocycles. The van der Waals surface area contributed by atoms with Gasteiger partial charge in [-0.3, -0.25) is 0 Å². The summed E-state index contributed by atoms with van der Waals surface area (Å²) in [4.78, 5) is 0. The van der Waals surface area contributed by atoms with E-state index in [4.69, 9.17) is 5.73 Å². The number of anilines is 1. The summed E-state index contributed by atoms with van der Waals surface area (Å²) in [6, 6.07) is 4.14. The Morgan fingerprint density at radius 1 is 1.44 bits per heavy atom. The number of rotatable bonds is 5. The van der Waals surface area contributed by atoms with E-state index >= 15 is 0 Å². The zero-order valence-electron chi connectivity index (χ0n) is 9.03. The summed E-state index contributed by atoms with van der Waals surface area (Å²) in [6.07, 6.45) is 0.556. The lowest BCUT2D eigenvalue weighted by atomic mass is 10.2. The first-order chi connectivity index (χ1) is 7.44. The third-order valence-corrected chi connectivity index (χ3v) is 3.56. The predicted octanol–water partition coefficient (Wildman–Crippen LogP) is 1.24. The van der Waals surface area contributed by atoms with E-state index in [1.165, 1.54) is 18.2 Å². The Labute approximate surface area is 94.7 Å². The molecule has 0 amide bonds. The van der Waals surface area contributed by atoms with Crippen LogP contribution in [-0.4, -0.2) is 14.2 Å². The number of halogens is 1. The van der Waals surface area contributed by atoms with Crippen LogP contribution in [0.15, 0.2) is 18.2 Å². The fourth-order valence-corrected chi connectivity index (χ4v) is 2.31. The Morgan fingerprint density at radius 3 is 2.69 bits per heavy atom. The van der Waals surface area contributed by atoms with Crippen molar-refractivity contribution in [2.45, 2.75) is 19.9 Å². The van der Waals surface area contributed by atoms with E-state index in [9.17, 15) is 12.8 Å². The van der Waals surface area contributed by atoms with E-state index in [2.05, 4.69) is 4.72 Å². The first-order valence-electron chi connectivity index (χ1n) is 4.96. The molecule has 0 fully saturated rings. The molecule has 3 N–H and O–H groups in total.